The predicted octanol–water partition coefficient (Wildman–Crippen LogP) is 5.90. The summed E-state index contributed by atoms with van der Waals surface area (Å²) >= 11 is 0. The van der Waals surface area contributed by atoms with Crippen molar-refractivity contribution in [2.45, 2.75) is 12.6 Å². The van der Waals surface area contributed by atoms with E-state index in [1.165, 1.54) is 6.07 Å². The standard InChI is InChI=1S/C26H21F2N3O2/c1-33-20-11-8-17(9-12-20)25-24-7-4-14-30(24)23-6-3-2-5-18(23)16-31(25)26(32)29-22-13-10-19(27)15-21(22)28/h2-15,25H,16H2,1H3,(H,29,32)/t25-/m1/s1. The monoisotopic (exact) mass is 445 g/mol. The first-order valence-electron chi connectivity index (χ1n) is 10.5. The lowest BCUT2D eigenvalue weighted by Gasteiger charge is -2.31. The first kappa shape index (κ1) is 20.8. The summed E-state index contributed by atoms with van der Waals surface area (Å²) in [5.41, 5.74) is 3.60. The molecule has 1 aliphatic rings. The lowest BCUT2D eigenvalue weighted by molar-refractivity contribution is 0.194. The number of methoxy groups -OCH3 is 1. The van der Waals surface area contributed by atoms with Crippen molar-refractivity contribution >= 4 is 11.7 Å². The Labute approximate surface area is 189 Å². The fraction of sp³-hybridized carbons (Fsp3) is 0.115. The fourth-order valence-electron chi connectivity index (χ4n) is 4.25. The van der Waals surface area contributed by atoms with Gasteiger partial charge in [0, 0.05) is 18.0 Å². The second-order valence-corrected chi connectivity index (χ2v) is 7.79. The largest absolute Gasteiger partial charge is 0.497 e. The maximum atomic E-state index is 14.3. The van der Waals surface area contributed by atoms with E-state index in [2.05, 4.69) is 9.88 Å². The number of rotatable bonds is 3. The Morgan fingerprint density at radius 1 is 1.00 bits per heavy atom. The number of benzene rings is 3. The van der Waals surface area contributed by atoms with Crippen LogP contribution in [-0.4, -0.2) is 22.6 Å². The number of anilines is 1. The molecule has 0 spiro atoms. The van der Waals surface area contributed by atoms with Crippen LogP contribution in [-0.2, 0) is 6.54 Å². The molecule has 0 aliphatic carbocycles. The Kier molecular flexibility index (Phi) is 5.30. The van der Waals surface area contributed by atoms with Crippen LogP contribution in [0.4, 0.5) is 19.3 Å². The second-order valence-electron chi connectivity index (χ2n) is 7.79. The molecule has 166 valence electrons. The Morgan fingerprint density at radius 2 is 1.79 bits per heavy atom. The molecule has 0 bridgehead atoms. The predicted molar refractivity (Wildman–Crippen MR) is 122 cm³/mol. The summed E-state index contributed by atoms with van der Waals surface area (Å²) in [6.45, 7) is 0.295. The summed E-state index contributed by atoms with van der Waals surface area (Å²) < 4.78 is 35.0. The third kappa shape index (κ3) is 3.82. The zero-order valence-corrected chi connectivity index (χ0v) is 17.8. The molecule has 5 nitrogen and oxygen atoms in total. The molecular weight excluding hydrogens is 424 g/mol. The van der Waals surface area contributed by atoms with E-state index in [0.29, 0.717) is 12.3 Å². The average molecular weight is 445 g/mol. The van der Waals surface area contributed by atoms with Gasteiger partial charge in [0.15, 0.2) is 0 Å². The molecule has 5 rings (SSSR count). The lowest BCUT2D eigenvalue weighted by Crippen LogP contribution is -2.38. The average Bonchev–Trinajstić information content (AvgIpc) is 3.25. The van der Waals surface area contributed by atoms with E-state index in [4.69, 9.17) is 4.74 Å². The van der Waals surface area contributed by atoms with Crippen LogP contribution >= 0.6 is 0 Å². The van der Waals surface area contributed by atoms with Crippen molar-refractivity contribution in [1.82, 2.24) is 9.47 Å². The van der Waals surface area contributed by atoms with Crippen molar-refractivity contribution in [3.8, 4) is 11.4 Å². The molecule has 0 radical (unpaired) electrons. The maximum Gasteiger partial charge on any atom is 0.323 e. The summed E-state index contributed by atoms with van der Waals surface area (Å²) in [6, 6.07) is 21.4. The van der Waals surface area contributed by atoms with Gasteiger partial charge < -0.3 is 19.5 Å². The smallest absolute Gasteiger partial charge is 0.323 e. The Hall–Kier alpha value is -4.13. The number of ether oxygens (including phenoxy) is 1. The fourth-order valence-corrected chi connectivity index (χ4v) is 4.25. The van der Waals surface area contributed by atoms with Crippen LogP contribution in [0.1, 0.15) is 22.9 Å². The number of carbonyl (C=O) groups excluding carboxylic acids is 1. The summed E-state index contributed by atoms with van der Waals surface area (Å²) in [6.07, 6.45) is 1.96. The molecule has 1 aliphatic heterocycles. The molecule has 0 saturated carbocycles. The quantitative estimate of drug-likeness (QED) is 0.427. The lowest BCUT2D eigenvalue weighted by atomic mass is 10.0. The number of halogens is 2. The van der Waals surface area contributed by atoms with E-state index in [1.807, 2.05) is 66.9 Å². The van der Waals surface area contributed by atoms with Crippen LogP contribution in [0.5, 0.6) is 5.75 Å². The van der Waals surface area contributed by atoms with E-state index in [0.717, 1.165) is 34.6 Å². The minimum atomic E-state index is -0.831. The maximum absolute atomic E-state index is 14.3. The van der Waals surface area contributed by atoms with E-state index >= 15 is 0 Å². The van der Waals surface area contributed by atoms with Gasteiger partial charge in [-0.25, -0.2) is 13.6 Å². The normalized spacial score (nSPS) is 14.8. The molecule has 1 aromatic heterocycles. The highest BCUT2D eigenvalue weighted by Gasteiger charge is 2.33. The molecule has 4 aromatic rings. The van der Waals surface area contributed by atoms with Crippen molar-refractivity contribution < 1.29 is 18.3 Å². The molecule has 3 aromatic carbocycles. The number of fused-ring (bicyclic) bond motifs is 3. The highest BCUT2D eigenvalue weighted by atomic mass is 19.1. The first-order chi connectivity index (χ1) is 16.0. The SMILES string of the molecule is COc1ccc([C@@H]2c3cccn3-c3ccccc3CN2C(=O)Nc2ccc(F)cc2F)cc1. The molecule has 0 saturated heterocycles. The van der Waals surface area contributed by atoms with Crippen LogP contribution in [0.3, 0.4) is 0 Å². The number of carbonyl (C=O) groups is 1. The molecule has 0 unspecified atom stereocenters. The molecule has 0 fully saturated rings. The summed E-state index contributed by atoms with van der Waals surface area (Å²) in [5, 5.41) is 2.62. The minimum Gasteiger partial charge on any atom is -0.497 e. The van der Waals surface area contributed by atoms with E-state index in [-0.39, 0.29) is 5.69 Å². The molecular formula is C26H21F2N3O2. The second kappa shape index (κ2) is 8.43. The van der Waals surface area contributed by atoms with Crippen LogP contribution in [0.15, 0.2) is 85.1 Å². The zero-order chi connectivity index (χ0) is 22.9. The topological polar surface area (TPSA) is 46.5 Å². The Balaban J connectivity index is 1.62. The number of nitrogens with zero attached hydrogens (tertiary/aromatic N) is 2. The molecule has 1 atom stereocenters. The van der Waals surface area contributed by atoms with Gasteiger partial charge in [0.2, 0.25) is 0 Å². The molecule has 2 heterocycles. The van der Waals surface area contributed by atoms with Crippen molar-refractivity contribution in [3.63, 3.8) is 0 Å². The van der Waals surface area contributed by atoms with Crippen molar-refractivity contribution in [1.29, 1.82) is 0 Å². The number of urea groups is 1. The molecule has 33 heavy (non-hydrogen) atoms. The number of para-hydroxylation sites is 1. The number of amides is 2. The van der Waals surface area contributed by atoms with Crippen LogP contribution in [0, 0.1) is 11.6 Å². The van der Waals surface area contributed by atoms with Gasteiger partial charge in [-0.15, -0.1) is 0 Å². The Morgan fingerprint density at radius 3 is 2.55 bits per heavy atom. The number of hydrogen-bond acceptors (Lipinski definition) is 2. The van der Waals surface area contributed by atoms with E-state index < -0.39 is 23.7 Å². The zero-order valence-electron chi connectivity index (χ0n) is 17.8. The van der Waals surface area contributed by atoms with Gasteiger partial charge in [-0.2, -0.15) is 0 Å². The van der Waals surface area contributed by atoms with Crippen LogP contribution < -0.4 is 10.1 Å². The summed E-state index contributed by atoms with van der Waals surface area (Å²) in [4.78, 5) is 15.2. The number of aromatic nitrogens is 1. The molecule has 7 heteroatoms. The number of nitrogens with one attached hydrogen (secondary N) is 1. The molecule has 1 N–H and O–H groups in total. The number of hydrogen-bond donors (Lipinski definition) is 1. The van der Waals surface area contributed by atoms with E-state index in [9.17, 15) is 13.6 Å². The van der Waals surface area contributed by atoms with Gasteiger partial charge >= 0.3 is 6.03 Å². The van der Waals surface area contributed by atoms with Gasteiger partial charge in [-0.1, -0.05) is 30.3 Å². The van der Waals surface area contributed by atoms with Crippen molar-refractivity contribution in [3.05, 3.63) is 114 Å². The van der Waals surface area contributed by atoms with Gasteiger partial charge in [-0.3, -0.25) is 0 Å². The van der Waals surface area contributed by atoms with Crippen molar-refractivity contribution in [2.75, 3.05) is 12.4 Å². The highest BCUT2D eigenvalue weighted by Crippen LogP contribution is 2.37. The third-order valence-corrected chi connectivity index (χ3v) is 5.83. The summed E-state index contributed by atoms with van der Waals surface area (Å²) in [5.74, 6) is -0.832. The van der Waals surface area contributed by atoms with E-state index in [1.54, 1.807) is 12.0 Å². The van der Waals surface area contributed by atoms with Gasteiger partial charge in [0.25, 0.3) is 0 Å². The Bertz CT molecular complexity index is 1320. The summed E-state index contributed by atoms with van der Waals surface area (Å²) in [7, 11) is 1.60. The first-order valence-corrected chi connectivity index (χ1v) is 10.5. The van der Waals surface area contributed by atoms with Gasteiger partial charge in [0.1, 0.15) is 17.4 Å². The minimum absolute atomic E-state index is 0.0807. The third-order valence-electron chi connectivity index (χ3n) is 5.83. The highest BCUT2D eigenvalue weighted by molar-refractivity contribution is 5.90. The van der Waals surface area contributed by atoms with Crippen LogP contribution in [0.25, 0.3) is 5.69 Å². The van der Waals surface area contributed by atoms with Gasteiger partial charge in [0.05, 0.1) is 31.1 Å². The molecule has 2 amide bonds. The van der Waals surface area contributed by atoms with Crippen LogP contribution in [0.2, 0.25) is 0 Å². The van der Waals surface area contributed by atoms with Crippen molar-refractivity contribution in [2.24, 2.45) is 0 Å². The van der Waals surface area contributed by atoms with Gasteiger partial charge in [-0.05, 0) is 53.6 Å².